The van der Waals surface area contributed by atoms with Gasteiger partial charge in [0.1, 0.15) is 17.3 Å². The Morgan fingerprint density at radius 3 is 2.54 bits per heavy atom. The minimum absolute atomic E-state index is 0.346. The van der Waals surface area contributed by atoms with E-state index in [1.54, 1.807) is 29.9 Å². The van der Waals surface area contributed by atoms with Gasteiger partial charge in [-0.3, -0.25) is 4.79 Å². The third-order valence-corrected chi connectivity index (χ3v) is 4.39. The van der Waals surface area contributed by atoms with E-state index in [2.05, 4.69) is 10.4 Å². The summed E-state index contributed by atoms with van der Waals surface area (Å²) < 4.78 is 20.7. The first-order chi connectivity index (χ1) is 13.5. The summed E-state index contributed by atoms with van der Waals surface area (Å²) in [6, 6.07) is 17.3. The van der Waals surface area contributed by atoms with Gasteiger partial charge >= 0.3 is 0 Å². The van der Waals surface area contributed by atoms with Crippen molar-refractivity contribution in [3.05, 3.63) is 89.6 Å². The number of nitrogens with zero attached hydrogens (tertiary/aromatic N) is 2. The molecule has 0 unspecified atom stereocenters. The van der Waals surface area contributed by atoms with Gasteiger partial charge in [0.15, 0.2) is 5.76 Å². The summed E-state index contributed by atoms with van der Waals surface area (Å²) in [7, 11) is 0. The lowest BCUT2D eigenvalue weighted by molar-refractivity contribution is 0.102. The molecule has 0 aliphatic heterocycles. The molecule has 0 aliphatic rings. The van der Waals surface area contributed by atoms with Crippen LogP contribution >= 0.6 is 0 Å². The Bertz CT molecular complexity index is 1150. The van der Waals surface area contributed by atoms with Gasteiger partial charge in [0, 0.05) is 11.9 Å². The van der Waals surface area contributed by atoms with E-state index in [0.29, 0.717) is 28.3 Å². The number of para-hydroxylation sites is 1. The molecule has 4 aromatic rings. The van der Waals surface area contributed by atoms with Crippen LogP contribution < -0.4 is 5.32 Å². The molecule has 0 fully saturated rings. The van der Waals surface area contributed by atoms with Crippen molar-refractivity contribution in [3.8, 4) is 17.1 Å². The number of carbonyl (C=O) groups excluding carboxylic acids is 1. The van der Waals surface area contributed by atoms with E-state index < -0.39 is 0 Å². The fourth-order valence-corrected chi connectivity index (χ4v) is 2.95. The molecule has 2 heterocycles. The van der Waals surface area contributed by atoms with Crippen molar-refractivity contribution in [1.82, 2.24) is 9.78 Å². The van der Waals surface area contributed by atoms with Crippen LogP contribution in [0, 0.1) is 19.7 Å². The van der Waals surface area contributed by atoms with E-state index in [1.807, 2.05) is 43.3 Å². The molecule has 1 amide bonds. The van der Waals surface area contributed by atoms with E-state index in [1.165, 1.54) is 12.1 Å². The van der Waals surface area contributed by atoms with Gasteiger partial charge in [-0.1, -0.05) is 18.2 Å². The summed E-state index contributed by atoms with van der Waals surface area (Å²) in [6.45, 7) is 3.57. The van der Waals surface area contributed by atoms with Crippen LogP contribution in [0.3, 0.4) is 0 Å². The molecule has 0 aliphatic carbocycles. The number of benzene rings is 2. The molecular formula is C22H18FN3O2. The number of hydrogen-bond donors (Lipinski definition) is 1. The summed E-state index contributed by atoms with van der Waals surface area (Å²) in [5, 5.41) is 7.40. The standard InChI is InChI=1S/C22H18FN3O2/c1-14-12-16(23)9-10-19(14)24-22(27)18-13-26(17-6-4-3-5-7-17)25-21(18)20-11-8-15(2)28-20/h3-13H,1-2H3,(H,24,27). The van der Waals surface area contributed by atoms with Crippen molar-refractivity contribution in [2.24, 2.45) is 0 Å². The summed E-state index contributed by atoms with van der Waals surface area (Å²) in [5.41, 5.74) is 2.81. The number of halogens is 1. The van der Waals surface area contributed by atoms with Crippen molar-refractivity contribution < 1.29 is 13.6 Å². The van der Waals surface area contributed by atoms with Gasteiger partial charge in [0.05, 0.1) is 11.3 Å². The highest BCUT2D eigenvalue weighted by atomic mass is 19.1. The van der Waals surface area contributed by atoms with Crippen molar-refractivity contribution in [3.63, 3.8) is 0 Å². The molecule has 5 nitrogen and oxygen atoms in total. The largest absolute Gasteiger partial charge is 0.460 e. The number of anilines is 1. The van der Waals surface area contributed by atoms with E-state index >= 15 is 0 Å². The molecule has 1 N–H and O–H groups in total. The lowest BCUT2D eigenvalue weighted by Crippen LogP contribution is -2.13. The van der Waals surface area contributed by atoms with Crippen LogP contribution in [0.25, 0.3) is 17.1 Å². The molecule has 2 aromatic carbocycles. The van der Waals surface area contributed by atoms with Crippen molar-refractivity contribution in [1.29, 1.82) is 0 Å². The zero-order valence-corrected chi connectivity index (χ0v) is 15.4. The Labute approximate surface area is 161 Å². The van der Waals surface area contributed by atoms with Crippen LogP contribution in [-0.2, 0) is 0 Å². The Morgan fingerprint density at radius 1 is 1.07 bits per heavy atom. The van der Waals surface area contributed by atoms with Crippen LogP contribution in [0.4, 0.5) is 10.1 Å². The van der Waals surface area contributed by atoms with Gasteiger partial charge < -0.3 is 9.73 Å². The Hall–Kier alpha value is -3.67. The smallest absolute Gasteiger partial charge is 0.259 e. The van der Waals surface area contributed by atoms with Crippen LogP contribution in [0.1, 0.15) is 21.7 Å². The van der Waals surface area contributed by atoms with Gasteiger partial charge in [0.25, 0.3) is 5.91 Å². The molecule has 6 heteroatoms. The summed E-state index contributed by atoms with van der Waals surface area (Å²) in [5.74, 6) is 0.540. The number of aryl methyl sites for hydroxylation is 2. The molecule has 2 aromatic heterocycles. The Balaban J connectivity index is 1.76. The van der Waals surface area contributed by atoms with Crippen molar-refractivity contribution in [2.75, 3.05) is 5.32 Å². The van der Waals surface area contributed by atoms with Crippen LogP contribution in [0.15, 0.2) is 71.3 Å². The highest BCUT2D eigenvalue weighted by Gasteiger charge is 2.21. The van der Waals surface area contributed by atoms with Gasteiger partial charge in [-0.05, 0) is 61.9 Å². The molecule has 4 rings (SSSR count). The quantitative estimate of drug-likeness (QED) is 0.537. The van der Waals surface area contributed by atoms with Crippen LogP contribution in [-0.4, -0.2) is 15.7 Å². The summed E-state index contributed by atoms with van der Waals surface area (Å²) in [4.78, 5) is 13.0. The Kier molecular flexibility index (Phi) is 4.53. The third-order valence-electron chi connectivity index (χ3n) is 4.39. The fourth-order valence-electron chi connectivity index (χ4n) is 2.95. The van der Waals surface area contributed by atoms with E-state index in [-0.39, 0.29) is 11.7 Å². The normalized spacial score (nSPS) is 10.8. The number of carbonyl (C=O) groups is 1. The second-order valence-corrected chi connectivity index (χ2v) is 6.50. The second kappa shape index (κ2) is 7.15. The van der Waals surface area contributed by atoms with Crippen LogP contribution in [0.2, 0.25) is 0 Å². The van der Waals surface area contributed by atoms with Crippen LogP contribution in [0.5, 0.6) is 0 Å². The molecule has 0 radical (unpaired) electrons. The first-order valence-electron chi connectivity index (χ1n) is 8.80. The lowest BCUT2D eigenvalue weighted by Gasteiger charge is -2.08. The van der Waals surface area contributed by atoms with E-state index in [4.69, 9.17) is 4.42 Å². The monoisotopic (exact) mass is 375 g/mol. The van der Waals surface area contributed by atoms with Gasteiger partial charge in [-0.15, -0.1) is 0 Å². The molecule has 0 bridgehead atoms. The first-order valence-corrected chi connectivity index (χ1v) is 8.80. The Morgan fingerprint density at radius 2 is 1.86 bits per heavy atom. The average Bonchev–Trinajstić information content (AvgIpc) is 3.31. The maximum Gasteiger partial charge on any atom is 0.259 e. The lowest BCUT2D eigenvalue weighted by atomic mass is 10.1. The average molecular weight is 375 g/mol. The zero-order valence-electron chi connectivity index (χ0n) is 15.4. The predicted molar refractivity (Wildman–Crippen MR) is 105 cm³/mol. The number of amides is 1. The highest BCUT2D eigenvalue weighted by Crippen LogP contribution is 2.27. The number of nitrogens with one attached hydrogen (secondary N) is 1. The molecule has 0 saturated heterocycles. The number of furan rings is 1. The highest BCUT2D eigenvalue weighted by molar-refractivity contribution is 6.08. The third kappa shape index (κ3) is 3.44. The second-order valence-electron chi connectivity index (χ2n) is 6.50. The number of hydrogen-bond acceptors (Lipinski definition) is 3. The molecule has 0 saturated carbocycles. The van der Waals surface area contributed by atoms with Crippen molar-refractivity contribution in [2.45, 2.75) is 13.8 Å². The van der Waals surface area contributed by atoms with Gasteiger partial charge in [-0.2, -0.15) is 5.10 Å². The molecular weight excluding hydrogens is 357 g/mol. The summed E-state index contributed by atoms with van der Waals surface area (Å²) >= 11 is 0. The van der Waals surface area contributed by atoms with E-state index in [9.17, 15) is 9.18 Å². The predicted octanol–water partition coefficient (Wildman–Crippen LogP) is 5.14. The maximum atomic E-state index is 13.3. The SMILES string of the molecule is Cc1ccc(-c2nn(-c3ccccc3)cc2C(=O)Nc2ccc(F)cc2C)o1. The van der Waals surface area contributed by atoms with Gasteiger partial charge in [0.2, 0.25) is 0 Å². The molecule has 0 spiro atoms. The zero-order chi connectivity index (χ0) is 19.7. The fraction of sp³-hybridized carbons (Fsp3) is 0.0909. The maximum absolute atomic E-state index is 13.3. The molecule has 140 valence electrons. The minimum Gasteiger partial charge on any atom is -0.460 e. The van der Waals surface area contributed by atoms with E-state index in [0.717, 1.165) is 11.4 Å². The van der Waals surface area contributed by atoms with Crippen molar-refractivity contribution >= 4 is 11.6 Å². The minimum atomic E-state index is -0.348. The molecule has 0 atom stereocenters. The first kappa shape index (κ1) is 17.7. The topological polar surface area (TPSA) is 60.1 Å². The van der Waals surface area contributed by atoms with Gasteiger partial charge in [-0.25, -0.2) is 9.07 Å². The summed E-state index contributed by atoms with van der Waals surface area (Å²) in [6.07, 6.45) is 1.66. The molecule has 28 heavy (non-hydrogen) atoms. The number of rotatable bonds is 4. The number of aromatic nitrogens is 2.